The SMILES string of the molecule is C=C[C@@H]1O[C@@H]2C=CCN([C@H](Cc3ccccc3)C(=O)NC(C)(C)C)[C@H]2[C@@H]1C(=O)OC. The Bertz CT molecular complexity index is 799. The molecule has 2 aliphatic heterocycles. The predicted octanol–water partition coefficient (Wildman–Crippen LogP) is 2.50. The summed E-state index contributed by atoms with van der Waals surface area (Å²) in [4.78, 5) is 28.1. The van der Waals surface area contributed by atoms with Gasteiger partial charge in [-0.3, -0.25) is 14.5 Å². The van der Waals surface area contributed by atoms with E-state index >= 15 is 0 Å². The maximum atomic E-state index is 13.4. The minimum Gasteiger partial charge on any atom is -0.469 e. The average Bonchev–Trinajstić information content (AvgIpc) is 3.10. The van der Waals surface area contributed by atoms with Gasteiger partial charge in [0, 0.05) is 12.1 Å². The van der Waals surface area contributed by atoms with E-state index < -0.39 is 18.1 Å². The van der Waals surface area contributed by atoms with E-state index in [2.05, 4.69) is 16.8 Å². The number of benzene rings is 1. The molecule has 1 aromatic carbocycles. The Kier molecular flexibility index (Phi) is 6.78. The molecular weight excluding hydrogens is 380 g/mol. The predicted molar refractivity (Wildman–Crippen MR) is 116 cm³/mol. The quantitative estimate of drug-likeness (QED) is 0.574. The second kappa shape index (κ2) is 9.14. The number of carbonyl (C=O) groups is 2. The third-order valence-electron chi connectivity index (χ3n) is 5.58. The van der Waals surface area contributed by atoms with Gasteiger partial charge in [-0.05, 0) is 32.8 Å². The number of fused-ring (bicyclic) bond motifs is 1. The molecule has 1 N–H and O–H groups in total. The van der Waals surface area contributed by atoms with Crippen LogP contribution >= 0.6 is 0 Å². The van der Waals surface area contributed by atoms with Crippen molar-refractivity contribution in [2.24, 2.45) is 5.92 Å². The molecule has 6 heteroatoms. The highest BCUT2D eigenvalue weighted by atomic mass is 16.5. The molecule has 162 valence electrons. The van der Waals surface area contributed by atoms with E-state index in [4.69, 9.17) is 9.47 Å². The van der Waals surface area contributed by atoms with Gasteiger partial charge < -0.3 is 14.8 Å². The molecule has 1 amide bonds. The van der Waals surface area contributed by atoms with E-state index in [-0.39, 0.29) is 29.6 Å². The van der Waals surface area contributed by atoms with Crippen molar-refractivity contribution in [2.75, 3.05) is 13.7 Å². The van der Waals surface area contributed by atoms with Crippen LogP contribution in [-0.4, -0.2) is 60.3 Å². The summed E-state index contributed by atoms with van der Waals surface area (Å²) in [5.74, 6) is -0.948. The summed E-state index contributed by atoms with van der Waals surface area (Å²) in [6, 6.07) is 9.18. The van der Waals surface area contributed by atoms with E-state index in [1.54, 1.807) is 6.08 Å². The van der Waals surface area contributed by atoms with Crippen molar-refractivity contribution in [3.8, 4) is 0 Å². The van der Waals surface area contributed by atoms with Crippen LogP contribution in [-0.2, 0) is 25.5 Å². The molecule has 1 fully saturated rings. The number of esters is 1. The van der Waals surface area contributed by atoms with Gasteiger partial charge in [0.05, 0.1) is 31.4 Å². The summed E-state index contributed by atoms with van der Waals surface area (Å²) < 4.78 is 11.2. The second-order valence-corrected chi connectivity index (χ2v) is 8.91. The minimum atomic E-state index is -0.539. The van der Waals surface area contributed by atoms with Gasteiger partial charge in [-0.1, -0.05) is 48.6 Å². The first-order valence-electron chi connectivity index (χ1n) is 10.4. The number of hydrogen-bond acceptors (Lipinski definition) is 5. The van der Waals surface area contributed by atoms with Gasteiger partial charge in [0.25, 0.3) is 0 Å². The van der Waals surface area contributed by atoms with Crippen LogP contribution in [0.3, 0.4) is 0 Å². The smallest absolute Gasteiger partial charge is 0.313 e. The molecule has 1 aromatic rings. The van der Waals surface area contributed by atoms with Crippen molar-refractivity contribution in [1.29, 1.82) is 0 Å². The maximum Gasteiger partial charge on any atom is 0.313 e. The van der Waals surface area contributed by atoms with Crippen molar-refractivity contribution < 1.29 is 19.1 Å². The second-order valence-electron chi connectivity index (χ2n) is 8.91. The number of methoxy groups -OCH3 is 1. The minimum absolute atomic E-state index is 0.0638. The number of hydrogen-bond donors (Lipinski definition) is 1. The Labute approximate surface area is 178 Å². The van der Waals surface area contributed by atoms with Gasteiger partial charge in [-0.15, -0.1) is 6.58 Å². The van der Waals surface area contributed by atoms with Crippen molar-refractivity contribution >= 4 is 11.9 Å². The molecule has 0 spiro atoms. The third kappa shape index (κ3) is 4.82. The number of nitrogens with one attached hydrogen (secondary N) is 1. The average molecular weight is 413 g/mol. The summed E-state index contributed by atoms with van der Waals surface area (Å²) in [5, 5.41) is 3.12. The Morgan fingerprint density at radius 3 is 2.63 bits per heavy atom. The molecule has 3 rings (SSSR count). The van der Waals surface area contributed by atoms with Gasteiger partial charge >= 0.3 is 5.97 Å². The lowest BCUT2D eigenvalue weighted by Crippen LogP contribution is -2.60. The fraction of sp³-hybridized carbons (Fsp3) is 0.500. The molecule has 0 aliphatic carbocycles. The highest BCUT2D eigenvalue weighted by molar-refractivity contribution is 5.83. The van der Waals surface area contributed by atoms with Crippen LogP contribution in [0.15, 0.2) is 55.1 Å². The zero-order chi connectivity index (χ0) is 21.9. The fourth-order valence-electron chi connectivity index (χ4n) is 4.34. The summed E-state index contributed by atoms with van der Waals surface area (Å²) >= 11 is 0. The summed E-state index contributed by atoms with van der Waals surface area (Å²) in [7, 11) is 1.38. The molecule has 0 unspecified atom stereocenters. The topological polar surface area (TPSA) is 67.9 Å². The molecule has 1 saturated heterocycles. The molecule has 0 saturated carbocycles. The van der Waals surface area contributed by atoms with Gasteiger partial charge in [0.15, 0.2) is 0 Å². The van der Waals surface area contributed by atoms with Crippen LogP contribution < -0.4 is 5.32 Å². The lowest BCUT2D eigenvalue weighted by molar-refractivity contribution is -0.149. The van der Waals surface area contributed by atoms with Crippen molar-refractivity contribution in [3.05, 3.63) is 60.7 Å². The van der Waals surface area contributed by atoms with Crippen molar-refractivity contribution in [3.63, 3.8) is 0 Å². The molecule has 2 aliphatic rings. The number of carbonyl (C=O) groups excluding carboxylic acids is 2. The maximum absolute atomic E-state index is 13.4. The van der Waals surface area contributed by atoms with Crippen LogP contribution in [0.2, 0.25) is 0 Å². The van der Waals surface area contributed by atoms with Crippen LogP contribution in [0.1, 0.15) is 26.3 Å². The molecule has 2 heterocycles. The monoisotopic (exact) mass is 412 g/mol. The Hall–Kier alpha value is -2.44. The molecule has 0 radical (unpaired) electrons. The highest BCUT2D eigenvalue weighted by Gasteiger charge is 2.52. The lowest BCUT2D eigenvalue weighted by Gasteiger charge is -2.41. The molecular formula is C24H32N2O4. The Balaban J connectivity index is 1.98. The van der Waals surface area contributed by atoms with Crippen LogP contribution in [0.5, 0.6) is 0 Å². The van der Waals surface area contributed by atoms with Crippen LogP contribution in [0, 0.1) is 5.92 Å². The van der Waals surface area contributed by atoms with E-state index in [0.717, 1.165) is 5.56 Å². The van der Waals surface area contributed by atoms with Crippen molar-refractivity contribution in [1.82, 2.24) is 10.2 Å². The standard InChI is InChI=1S/C24H32N2O4/c1-6-18-20(23(28)29-5)21-19(30-18)13-10-14-26(21)17(22(27)25-24(2,3)4)15-16-11-8-7-9-12-16/h6-13,17-21H,1,14-15H2,2-5H3,(H,25,27)/t17-,18+,19-,20-,21-/m1/s1. The first-order valence-corrected chi connectivity index (χ1v) is 10.4. The van der Waals surface area contributed by atoms with Gasteiger partial charge in [-0.2, -0.15) is 0 Å². The first kappa shape index (κ1) is 22.2. The lowest BCUT2D eigenvalue weighted by atomic mass is 9.87. The Morgan fingerprint density at radius 1 is 1.33 bits per heavy atom. The molecule has 5 atom stereocenters. The molecule has 0 bridgehead atoms. The summed E-state index contributed by atoms with van der Waals surface area (Å²) in [5.41, 5.74) is 0.695. The number of amides is 1. The van der Waals surface area contributed by atoms with Crippen LogP contribution in [0.25, 0.3) is 0 Å². The number of ether oxygens (including phenoxy) is 2. The first-order chi connectivity index (χ1) is 14.2. The normalized spacial score (nSPS) is 27.2. The fourth-order valence-corrected chi connectivity index (χ4v) is 4.34. The van der Waals surface area contributed by atoms with Gasteiger partial charge in [0.1, 0.15) is 5.92 Å². The molecule has 6 nitrogen and oxygen atoms in total. The summed E-state index contributed by atoms with van der Waals surface area (Å²) in [6.45, 7) is 10.3. The van der Waals surface area contributed by atoms with E-state index in [1.165, 1.54) is 7.11 Å². The zero-order valence-electron chi connectivity index (χ0n) is 18.2. The van der Waals surface area contributed by atoms with Gasteiger partial charge in [-0.25, -0.2) is 0 Å². The summed E-state index contributed by atoms with van der Waals surface area (Å²) in [6.07, 6.45) is 5.40. The number of nitrogens with zero attached hydrogens (tertiary/aromatic N) is 1. The Morgan fingerprint density at radius 2 is 2.03 bits per heavy atom. The largest absolute Gasteiger partial charge is 0.469 e. The van der Waals surface area contributed by atoms with Crippen LogP contribution in [0.4, 0.5) is 0 Å². The van der Waals surface area contributed by atoms with Crippen molar-refractivity contribution in [2.45, 2.75) is 57.0 Å². The highest BCUT2D eigenvalue weighted by Crippen LogP contribution is 2.37. The number of rotatable bonds is 6. The molecule has 0 aromatic heterocycles. The molecule has 30 heavy (non-hydrogen) atoms. The van der Waals surface area contributed by atoms with E-state index in [1.807, 2.05) is 63.3 Å². The zero-order valence-corrected chi connectivity index (χ0v) is 18.2. The van der Waals surface area contributed by atoms with E-state index in [9.17, 15) is 9.59 Å². The van der Waals surface area contributed by atoms with Gasteiger partial charge in [0.2, 0.25) is 5.91 Å². The third-order valence-corrected chi connectivity index (χ3v) is 5.58. The van der Waals surface area contributed by atoms with E-state index in [0.29, 0.717) is 13.0 Å².